The first-order chi connectivity index (χ1) is 13.2. The summed E-state index contributed by atoms with van der Waals surface area (Å²) in [5.41, 5.74) is 1.67. The molecular formula is C19H14ClN3O4. The third-order valence-electron chi connectivity index (χ3n) is 3.81. The zero-order chi connectivity index (χ0) is 18.6. The number of rotatable bonds is 5. The first kappa shape index (κ1) is 17.1. The van der Waals surface area contributed by atoms with Crippen molar-refractivity contribution < 1.29 is 18.7 Å². The predicted octanol–water partition coefficient (Wildman–Crippen LogP) is 3.69. The maximum absolute atomic E-state index is 12.0. The molecule has 0 aliphatic carbocycles. The van der Waals surface area contributed by atoms with E-state index in [9.17, 15) is 4.79 Å². The zero-order valence-corrected chi connectivity index (χ0v) is 14.8. The van der Waals surface area contributed by atoms with Crippen molar-refractivity contribution in [3.8, 4) is 11.5 Å². The number of anilines is 1. The molecule has 2 heterocycles. The Balaban J connectivity index is 1.38. The van der Waals surface area contributed by atoms with Crippen molar-refractivity contribution in [1.82, 2.24) is 10.2 Å². The van der Waals surface area contributed by atoms with Crippen molar-refractivity contribution in [3.63, 3.8) is 0 Å². The second-order valence-electron chi connectivity index (χ2n) is 5.71. The summed E-state index contributed by atoms with van der Waals surface area (Å²) in [6.45, 7) is 0.219. The standard InChI is InChI=1S/C19H14ClN3O4/c20-14-4-2-1-3-13(14)6-8-17(24)21-19-23-22-18(27-19)10-12-5-7-15-16(9-12)26-11-25-15/h1-9H,10-11H2,(H,21,23,24). The molecule has 1 N–H and O–H groups in total. The molecule has 7 nitrogen and oxygen atoms in total. The normalized spacial score (nSPS) is 12.5. The molecule has 1 aliphatic rings. The summed E-state index contributed by atoms with van der Waals surface area (Å²) < 4.78 is 16.1. The Morgan fingerprint density at radius 3 is 2.89 bits per heavy atom. The van der Waals surface area contributed by atoms with E-state index >= 15 is 0 Å². The quantitative estimate of drug-likeness (QED) is 0.676. The van der Waals surface area contributed by atoms with Crippen molar-refractivity contribution in [2.45, 2.75) is 6.42 Å². The van der Waals surface area contributed by atoms with Crippen molar-refractivity contribution in [2.75, 3.05) is 12.1 Å². The predicted molar refractivity (Wildman–Crippen MR) is 98.8 cm³/mol. The van der Waals surface area contributed by atoms with Crippen LogP contribution in [0.5, 0.6) is 11.5 Å². The van der Waals surface area contributed by atoms with E-state index in [4.69, 9.17) is 25.5 Å². The van der Waals surface area contributed by atoms with Crippen LogP contribution < -0.4 is 14.8 Å². The van der Waals surface area contributed by atoms with Gasteiger partial charge in [0.15, 0.2) is 11.5 Å². The topological polar surface area (TPSA) is 86.5 Å². The van der Waals surface area contributed by atoms with Gasteiger partial charge in [-0.2, -0.15) is 0 Å². The minimum absolute atomic E-state index is 0.0274. The van der Waals surface area contributed by atoms with Crippen LogP contribution in [0.1, 0.15) is 17.0 Å². The van der Waals surface area contributed by atoms with E-state index in [1.165, 1.54) is 6.08 Å². The van der Waals surface area contributed by atoms with E-state index in [1.54, 1.807) is 12.1 Å². The summed E-state index contributed by atoms with van der Waals surface area (Å²) in [5.74, 6) is 1.38. The van der Waals surface area contributed by atoms with Gasteiger partial charge in [-0.25, -0.2) is 0 Å². The third kappa shape index (κ3) is 4.09. The number of hydrogen-bond acceptors (Lipinski definition) is 6. The molecule has 1 aromatic heterocycles. The minimum Gasteiger partial charge on any atom is -0.454 e. The number of fused-ring (bicyclic) bond motifs is 1. The monoisotopic (exact) mass is 383 g/mol. The summed E-state index contributed by atoms with van der Waals surface area (Å²) >= 11 is 6.04. The van der Waals surface area contributed by atoms with E-state index in [-0.39, 0.29) is 12.8 Å². The number of benzene rings is 2. The highest BCUT2D eigenvalue weighted by atomic mass is 35.5. The summed E-state index contributed by atoms with van der Waals surface area (Å²) in [6, 6.07) is 12.8. The van der Waals surface area contributed by atoms with E-state index in [0.29, 0.717) is 28.8 Å². The highest BCUT2D eigenvalue weighted by Gasteiger charge is 2.15. The van der Waals surface area contributed by atoms with Crippen molar-refractivity contribution in [1.29, 1.82) is 0 Å². The Kier molecular flexibility index (Phi) is 4.76. The number of hydrogen-bond donors (Lipinski definition) is 1. The van der Waals surface area contributed by atoms with Crippen LogP contribution in [0, 0.1) is 0 Å². The highest BCUT2D eigenvalue weighted by molar-refractivity contribution is 6.32. The molecule has 2 aromatic carbocycles. The first-order valence-corrected chi connectivity index (χ1v) is 8.50. The van der Waals surface area contributed by atoms with Crippen LogP contribution in [0.4, 0.5) is 6.01 Å². The van der Waals surface area contributed by atoms with Crippen molar-refractivity contribution in [2.24, 2.45) is 0 Å². The van der Waals surface area contributed by atoms with Gasteiger partial charge in [0, 0.05) is 11.1 Å². The molecule has 3 aromatic rings. The van der Waals surface area contributed by atoms with E-state index < -0.39 is 5.91 Å². The van der Waals surface area contributed by atoms with Crippen LogP contribution in [0.25, 0.3) is 6.08 Å². The van der Waals surface area contributed by atoms with Gasteiger partial charge in [0.2, 0.25) is 12.7 Å². The van der Waals surface area contributed by atoms with Gasteiger partial charge in [-0.1, -0.05) is 41.0 Å². The molecule has 0 bridgehead atoms. The fourth-order valence-electron chi connectivity index (χ4n) is 2.52. The Hall–Kier alpha value is -3.32. The summed E-state index contributed by atoms with van der Waals surface area (Å²) in [6.07, 6.45) is 3.37. The van der Waals surface area contributed by atoms with E-state index in [2.05, 4.69) is 15.5 Å². The number of ether oxygens (including phenoxy) is 2. The Labute approximate surface area is 159 Å². The molecule has 0 saturated heterocycles. The van der Waals surface area contributed by atoms with Crippen LogP contribution in [0.3, 0.4) is 0 Å². The van der Waals surface area contributed by atoms with Gasteiger partial charge in [-0.3, -0.25) is 10.1 Å². The van der Waals surface area contributed by atoms with Crippen molar-refractivity contribution >= 4 is 29.6 Å². The molecule has 0 atom stereocenters. The lowest BCUT2D eigenvalue weighted by molar-refractivity contribution is -0.112. The van der Waals surface area contributed by atoms with Crippen LogP contribution in [-0.4, -0.2) is 22.9 Å². The Morgan fingerprint density at radius 2 is 2.00 bits per heavy atom. The second kappa shape index (κ2) is 7.51. The Morgan fingerprint density at radius 1 is 1.15 bits per heavy atom. The fourth-order valence-corrected chi connectivity index (χ4v) is 2.72. The first-order valence-electron chi connectivity index (χ1n) is 8.12. The zero-order valence-electron chi connectivity index (χ0n) is 14.0. The Bertz CT molecular complexity index is 1020. The molecule has 1 aliphatic heterocycles. The lowest BCUT2D eigenvalue weighted by atomic mass is 10.1. The van der Waals surface area contributed by atoms with Gasteiger partial charge in [-0.05, 0) is 35.4 Å². The van der Waals surface area contributed by atoms with Gasteiger partial charge in [0.05, 0.1) is 6.42 Å². The molecule has 0 radical (unpaired) electrons. The number of halogens is 1. The van der Waals surface area contributed by atoms with Crippen LogP contribution in [-0.2, 0) is 11.2 Å². The summed E-state index contributed by atoms with van der Waals surface area (Å²) in [5, 5.41) is 10.9. The van der Waals surface area contributed by atoms with E-state index in [1.807, 2.05) is 36.4 Å². The number of aromatic nitrogens is 2. The molecule has 4 rings (SSSR count). The second-order valence-corrected chi connectivity index (χ2v) is 6.12. The number of nitrogens with one attached hydrogen (secondary N) is 1. The van der Waals surface area contributed by atoms with Crippen LogP contribution >= 0.6 is 11.6 Å². The number of amides is 1. The average Bonchev–Trinajstić information content (AvgIpc) is 3.30. The van der Waals surface area contributed by atoms with Crippen molar-refractivity contribution in [3.05, 3.63) is 70.6 Å². The minimum atomic E-state index is -0.395. The molecule has 0 saturated carbocycles. The fraction of sp³-hybridized carbons (Fsp3) is 0.105. The molecule has 0 spiro atoms. The largest absolute Gasteiger partial charge is 0.454 e. The molecule has 0 fully saturated rings. The molecule has 1 amide bonds. The maximum atomic E-state index is 12.0. The lowest BCUT2D eigenvalue weighted by Crippen LogP contribution is -2.07. The van der Waals surface area contributed by atoms with Gasteiger partial charge < -0.3 is 13.9 Å². The molecule has 27 heavy (non-hydrogen) atoms. The lowest BCUT2D eigenvalue weighted by Gasteiger charge is -2.00. The maximum Gasteiger partial charge on any atom is 0.322 e. The SMILES string of the molecule is O=C(C=Cc1ccccc1Cl)Nc1nnc(Cc2ccc3c(c2)OCO3)o1. The van der Waals surface area contributed by atoms with E-state index in [0.717, 1.165) is 11.1 Å². The number of nitrogens with zero attached hydrogens (tertiary/aromatic N) is 2. The summed E-state index contributed by atoms with van der Waals surface area (Å²) in [7, 11) is 0. The van der Waals surface area contributed by atoms with Crippen LogP contribution in [0.2, 0.25) is 5.02 Å². The molecule has 8 heteroatoms. The smallest absolute Gasteiger partial charge is 0.322 e. The molecule has 0 unspecified atom stereocenters. The van der Waals surface area contributed by atoms with Gasteiger partial charge in [0.1, 0.15) is 0 Å². The number of carbonyl (C=O) groups excluding carboxylic acids is 1. The van der Waals surface area contributed by atoms with Crippen LogP contribution in [0.15, 0.2) is 53.0 Å². The summed E-state index contributed by atoms with van der Waals surface area (Å²) in [4.78, 5) is 12.0. The van der Waals surface area contributed by atoms with Gasteiger partial charge in [-0.15, -0.1) is 5.10 Å². The van der Waals surface area contributed by atoms with Gasteiger partial charge >= 0.3 is 6.01 Å². The third-order valence-corrected chi connectivity index (χ3v) is 4.15. The molecule has 136 valence electrons. The highest BCUT2D eigenvalue weighted by Crippen LogP contribution is 2.33. The number of carbonyl (C=O) groups is 1. The van der Waals surface area contributed by atoms with Gasteiger partial charge in [0.25, 0.3) is 5.91 Å². The average molecular weight is 384 g/mol. The molecular weight excluding hydrogens is 370 g/mol.